The Hall–Kier alpha value is -1.25. The SMILES string of the molecule is C=CCN1C=CN(CCCCC)CC1=O. The number of nitrogens with zero attached hydrogens (tertiary/aromatic N) is 2. The van der Waals surface area contributed by atoms with Gasteiger partial charge in [-0.2, -0.15) is 0 Å². The minimum Gasteiger partial charge on any atom is -0.367 e. The Morgan fingerprint density at radius 1 is 1.47 bits per heavy atom. The first-order chi connectivity index (χ1) is 7.27. The molecule has 3 heteroatoms. The minimum atomic E-state index is 0.161. The van der Waals surface area contributed by atoms with Gasteiger partial charge in [-0.3, -0.25) is 4.79 Å². The van der Waals surface area contributed by atoms with Crippen molar-refractivity contribution in [1.82, 2.24) is 9.80 Å². The third kappa shape index (κ3) is 3.78. The summed E-state index contributed by atoms with van der Waals surface area (Å²) >= 11 is 0. The van der Waals surface area contributed by atoms with E-state index in [-0.39, 0.29) is 5.91 Å². The monoisotopic (exact) mass is 208 g/mol. The van der Waals surface area contributed by atoms with E-state index in [4.69, 9.17) is 0 Å². The van der Waals surface area contributed by atoms with Crippen molar-refractivity contribution in [2.24, 2.45) is 0 Å². The second kappa shape index (κ2) is 6.27. The van der Waals surface area contributed by atoms with Crippen LogP contribution in [0.25, 0.3) is 0 Å². The number of hydrogen-bond donors (Lipinski definition) is 0. The Morgan fingerprint density at radius 2 is 2.27 bits per heavy atom. The Morgan fingerprint density at radius 3 is 2.87 bits per heavy atom. The van der Waals surface area contributed by atoms with Crippen LogP contribution in [0.4, 0.5) is 0 Å². The van der Waals surface area contributed by atoms with Crippen molar-refractivity contribution in [1.29, 1.82) is 0 Å². The van der Waals surface area contributed by atoms with Crippen molar-refractivity contribution in [3.8, 4) is 0 Å². The minimum absolute atomic E-state index is 0.161. The zero-order chi connectivity index (χ0) is 11.1. The molecule has 0 spiro atoms. The largest absolute Gasteiger partial charge is 0.367 e. The summed E-state index contributed by atoms with van der Waals surface area (Å²) < 4.78 is 0. The van der Waals surface area contributed by atoms with Crippen LogP contribution in [0.3, 0.4) is 0 Å². The molecule has 0 atom stereocenters. The average Bonchev–Trinajstić information content (AvgIpc) is 2.23. The fraction of sp³-hybridized carbons (Fsp3) is 0.583. The molecule has 3 nitrogen and oxygen atoms in total. The molecule has 15 heavy (non-hydrogen) atoms. The molecule has 1 heterocycles. The van der Waals surface area contributed by atoms with E-state index in [1.54, 1.807) is 11.0 Å². The highest BCUT2D eigenvalue weighted by Crippen LogP contribution is 2.06. The van der Waals surface area contributed by atoms with E-state index in [1.807, 2.05) is 12.4 Å². The molecule has 84 valence electrons. The summed E-state index contributed by atoms with van der Waals surface area (Å²) in [5, 5.41) is 0. The van der Waals surface area contributed by atoms with Gasteiger partial charge in [0.15, 0.2) is 0 Å². The van der Waals surface area contributed by atoms with Crippen LogP contribution in [-0.4, -0.2) is 35.3 Å². The number of amides is 1. The average molecular weight is 208 g/mol. The van der Waals surface area contributed by atoms with Crippen molar-refractivity contribution >= 4 is 5.91 Å². The summed E-state index contributed by atoms with van der Waals surface area (Å²) in [5.41, 5.74) is 0. The van der Waals surface area contributed by atoms with Gasteiger partial charge >= 0.3 is 0 Å². The first-order valence-electron chi connectivity index (χ1n) is 5.60. The van der Waals surface area contributed by atoms with Crippen molar-refractivity contribution in [2.45, 2.75) is 26.2 Å². The maximum Gasteiger partial charge on any atom is 0.246 e. The molecule has 1 aliphatic rings. The molecular weight excluding hydrogens is 188 g/mol. The highest BCUT2D eigenvalue weighted by molar-refractivity contribution is 5.80. The Bertz CT molecular complexity index is 248. The van der Waals surface area contributed by atoms with Gasteiger partial charge in [0.25, 0.3) is 0 Å². The van der Waals surface area contributed by atoms with Crippen molar-refractivity contribution in [3.63, 3.8) is 0 Å². The molecule has 0 radical (unpaired) electrons. The smallest absolute Gasteiger partial charge is 0.246 e. The zero-order valence-corrected chi connectivity index (χ0v) is 9.48. The van der Waals surface area contributed by atoms with Crippen LogP contribution in [-0.2, 0) is 4.79 Å². The topological polar surface area (TPSA) is 23.6 Å². The molecule has 1 rings (SSSR count). The molecule has 0 aliphatic carbocycles. The molecule has 0 aromatic rings. The first-order valence-corrected chi connectivity index (χ1v) is 5.60. The van der Waals surface area contributed by atoms with E-state index in [1.165, 1.54) is 12.8 Å². The molecule has 0 bridgehead atoms. The summed E-state index contributed by atoms with van der Waals surface area (Å²) in [6.07, 6.45) is 9.20. The van der Waals surface area contributed by atoms with E-state index in [0.29, 0.717) is 13.1 Å². The molecule has 0 aromatic heterocycles. The molecular formula is C12H20N2O. The van der Waals surface area contributed by atoms with Crippen LogP contribution in [0, 0.1) is 0 Å². The summed E-state index contributed by atoms with van der Waals surface area (Å²) in [6.45, 7) is 7.91. The van der Waals surface area contributed by atoms with Gasteiger partial charge in [-0.1, -0.05) is 25.8 Å². The Balaban J connectivity index is 2.36. The van der Waals surface area contributed by atoms with Crippen LogP contribution in [0.5, 0.6) is 0 Å². The summed E-state index contributed by atoms with van der Waals surface area (Å²) in [5.74, 6) is 0.161. The number of carbonyl (C=O) groups excluding carboxylic acids is 1. The molecule has 0 fully saturated rings. The highest BCUT2D eigenvalue weighted by Gasteiger charge is 2.16. The van der Waals surface area contributed by atoms with E-state index in [9.17, 15) is 4.79 Å². The van der Waals surface area contributed by atoms with Crippen molar-refractivity contribution < 1.29 is 4.79 Å². The Labute approximate surface area is 92.0 Å². The van der Waals surface area contributed by atoms with Gasteiger partial charge < -0.3 is 9.80 Å². The normalized spacial score (nSPS) is 15.9. The number of carbonyl (C=O) groups is 1. The number of hydrogen-bond acceptors (Lipinski definition) is 2. The van der Waals surface area contributed by atoms with Crippen LogP contribution in [0.15, 0.2) is 25.1 Å². The predicted octanol–water partition coefficient (Wildman–Crippen LogP) is 1.98. The molecule has 1 aliphatic heterocycles. The highest BCUT2D eigenvalue weighted by atomic mass is 16.2. The second-order valence-corrected chi connectivity index (χ2v) is 3.81. The summed E-state index contributed by atoms with van der Waals surface area (Å²) in [4.78, 5) is 15.4. The molecule has 1 amide bonds. The molecule has 0 unspecified atom stereocenters. The van der Waals surface area contributed by atoms with Crippen LogP contribution < -0.4 is 0 Å². The van der Waals surface area contributed by atoms with E-state index >= 15 is 0 Å². The first kappa shape index (κ1) is 11.8. The van der Waals surface area contributed by atoms with Gasteiger partial charge in [0, 0.05) is 25.5 Å². The summed E-state index contributed by atoms with van der Waals surface area (Å²) in [7, 11) is 0. The molecule has 0 N–H and O–H groups in total. The molecule has 0 saturated heterocycles. The maximum absolute atomic E-state index is 11.6. The van der Waals surface area contributed by atoms with Gasteiger partial charge in [-0.25, -0.2) is 0 Å². The lowest BCUT2D eigenvalue weighted by Gasteiger charge is -2.28. The van der Waals surface area contributed by atoms with Crippen LogP contribution in [0.1, 0.15) is 26.2 Å². The molecule has 0 aromatic carbocycles. The third-order valence-corrected chi connectivity index (χ3v) is 2.49. The van der Waals surface area contributed by atoms with Gasteiger partial charge in [0.2, 0.25) is 5.91 Å². The lowest BCUT2D eigenvalue weighted by Crippen LogP contribution is -2.40. The lowest BCUT2D eigenvalue weighted by molar-refractivity contribution is -0.129. The molecule has 0 saturated carbocycles. The van der Waals surface area contributed by atoms with Crippen LogP contribution in [0.2, 0.25) is 0 Å². The van der Waals surface area contributed by atoms with E-state index in [0.717, 1.165) is 13.0 Å². The van der Waals surface area contributed by atoms with Crippen molar-refractivity contribution in [2.75, 3.05) is 19.6 Å². The second-order valence-electron chi connectivity index (χ2n) is 3.81. The fourth-order valence-electron chi connectivity index (χ4n) is 1.60. The van der Waals surface area contributed by atoms with Gasteiger partial charge in [-0.15, -0.1) is 6.58 Å². The van der Waals surface area contributed by atoms with E-state index < -0.39 is 0 Å². The predicted molar refractivity (Wildman–Crippen MR) is 62.1 cm³/mol. The van der Waals surface area contributed by atoms with Gasteiger partial charge in [0.1, 0.15) is 0 Å². The number of unbranched alkanes of at least 4 members (excludes halogenated alkanes) is 2. The maximum atomic E-state index is 11.6. The standard InChI is InChI=1S/C12H20N2O/c1-3-5-6-8-13-9-10-14(7-4-2)12(15)11-13/h4,9-10H,2-3,5-8,11H2,1H3. The zero-order valence-electron chi connectivity index (χ0n) is 9.48. The third-order valence-electron chi connectivity index (χ3n) is 2.49. The summed E-state index contributed by atoms with van der Waals surface area (Å²) in [6, 6.07) is 0. The number of rotatable bonds is 6. The Kier molecular flexibility index (Phi) is 4.95. The lowest BCUT2D eigenvalue weighted by atomic mass is 10.2. The van der Waals surface area contributed by atoms with Crippen molar-refractivity contribution in [3.05, 3.63) is 25.1 Å². The fourth-order valence-corrected chi connectivity index (χ4v) is 1.60. The van der Waals surface area contributed by atoms with E-state index in [2.05, 4.69) is 18.4 Å². The van der Waals surface area contributed by atoms with Gasteiger partial charge in [-0.05, 0) is 6.42 Å². The van der Waals surface area contributed by atoms with Gasteiger partial charge in [0.05, 0.1) is 6.54 Å². The van der Waals surface area contributed by atoms with Crippen LogP contribution >= 0.6 is 0 Å². The quantitative estimate of drug-likeness (QED) is 0.492.